The summed E-state index contributed by atoms with van der Waals surface area (Å²) < 4.78 is 1.30. The van der Waals surface area contributed by atoms with Gasteiger partial charge in [0, 0.05) is 24.5 Å². The van der Waals surface area contributed by atoms with Gasteiger partial charge >= 0.3 is 0 Å². The van der Waals surface area contributed by atoms with Crippen LogP contribution in [0.15, 0.2) is 53.3 Å². The summed E-state index contributed by atoms with van der Waals surface area (Å²) in [5.41, 5.74) is 2.86. The number of benzene rings is 2. The summed E-state index contributed by atoms with van der Waals surface area (Å²) in [6, 6.07) is 15.5. The number of quaternary nitrogens is 1. The van der Waals surface area contributed by atoms with Gasteiger partial charge in [0.05, 0.1) is 30.6 Å². The molecule has 0 radical (unpaired) electrons. The third-order valence-electron chi connectivity index (χ3n) is 5.40. The van der Waals surface area contributed by atoms with Crippen molar-refractivity contribution in [2.75, 3.05) is 13.1 Å². The topological polar surface area (TPSA) is 68.4 Å². The molecule has 1 heterocycles. The zero-order valence-electron chi connectivity index (χ0n) is 17.4. The molecule has 0 aliphatic rings. The second-order valence-electron chi connectivity index (χ2n) is 7.28. The van der Waals surface area contributed by atoms with Gasteiger partial charge in [0.15, 0.2) is 0 Å². The summed E-state index contributed by atoms with van der Waals surface area (Å²) in [5.74, 6) is -0.105. The second-order valence-corrected chi connectivity index (χ2v) is 7.28. The lowest BCUT2D eigenvalue weighted by Crippen LogP contribution is -3.10. The van der Waals surface area contributed by atoms with Gasteiger partial charge in [-0.05, 0) is 25.5 Å². The summed E-state index contributed by atoms with van der Waals surface area (Å²) >= 11 is 0. The maximum Gasteiger partial charge on any atom is 0.274 e. The SMILES string of the molecule is CC[NH+](CC)Cc1ccccc1CNC(=O)Cc1nn(C)c(=O)c2ccccc12. The predicted octanol–water partition coefficient (Wildman–Crippen LogP) is 1.22. The van der Waals surface area contributed by atoms with Gasteiger partial charge in [-0.15, -0.1) is 0 Å². The molecule has 0 spiro atoms. The van der Waals surface area contributed by atoms with Crippen molar-refractivity contribution in [3.05, 3.63) is 75.7 Å². The van der Waals surface area contributed by atoms with Crippen molar-refractivity contribution in [2.24, 2.45) is 7.05 Å². The summed E-state index contributed by atoms with van der Waals surface area (Å²) in [5, 5.41) is 8.65. The molecule has 152 valence electrons. The Morgan fingerprint density at radius 2 is 1.62 bits per heavy atom. The number of nitrogens with zero attached hydrogens (tertiary/aromatic N) is 2. The van der Waals surface area contributed by atoms with E-state index in [1.165, 1.54) is 15.1 Å². The molecule has 2 aromatic carbocycles. The highest BCUT2D eigenvalue weighted by molar-refractivity contribution is 5.88. The van der Waals surface area contributed by atoms with E-state index in [-0.39, 0.29) is 17.9 Å². The fourth-order valence-corrected chi connectivity index (χ4v) is 3.59. The highest BCUT2D eigenvalue weighted by Crippen LogP contribution is 2.14. The van der Waals surface area contributed by atoms with Crippen LogP contribution < -0.4 is 15.8 Å². The minimum Gasteiger partial charge on any atom is -0.352 e. The lowest BCUT2D eigenvalue weighted by Gasteiger charge is -2.18. The quantitative estimate of drug-likeness (QED) is 0.605. The molecule has 0 aliphatic carbocycles. The van der Waals surface area contributed by atoms with Gasteiger partial charge < -0.3 is 10.2 Å². The van der Waals surface area contributed by atoms with Gasteiger partial charge in [-0.1, -0.05) is 42.5 Å². The van der Waals surface area contributed by atoms with Gasteiger partial charge in [-0.2, -0.15) is 5.10 Å². The zero-order chi connectivity index (χ0) is 20.8. The number of amides is 1. The minimum absolute atomic E-state index is 0.105. The van der Waals surface area contributed by atoms with E-state index in [0.29, 0.717) is 17.6 Å². The first-order valence-corrected chi connectivity index (χ1v) is 10.2. The highest BCUT2D eigenvalue weighted by Gasteiger charge is 2.13. The molecule has 0 aliphatic heterocycles. The number of hydrogen-bond acceptors (Lipinski definition) is 3. The Bertz CT molecular complexity index is 1050. The Morgan fingerprint density at radius 1 is 1.00 bits per heavy atom. The van der Waals surface area contributed by atoms with E-state index in [2.05, 4.69) is 36.4 Å². The maximum absolute atomic E-state index is 12.6. The van der Waals surface area contributed by atoms with Gasteiger partial charge in [0.1, 0.15) is 6.54 Å². The molecule has 0 saturated heterocycles. The van der Waals surface area contributed by atoms with Crippen molar-refractivity contribution in [2.45, 2.75) is 33.4 Å². The van der Waals surface area contributed by atoms with Crippen LogP contribution in [0, 0.1) is 0 Å². The molecule has 2 N–H and O–H groups in total. The standard InChI is InChI=1S/C23H28N4O2/c1-4-27(5-2)16-18-11-7-6-10-17(18)15-24-22(28)14-21-19-12-8-9-13-20(19)23(29)26(3)25-21/h6-13H,4-5,14-16H2,1-3H3,(H,24,28)/p+1. The fraction of sp³-hybridized carbons (Fsp3) is 0.348. The third kappa shape index (κ3) is 4.90. The van der Waals surface area contributed by atoms with Crippen molar-refractivity contribution >= 4 is 16.7 Å². The van der Waals surface area contributed by atoms with E-state index in [0.717, 1.165) is 30.6 Å². The molecule has 0 bridgehead atoms. The number of aryl methyl sites for hydroxylation is 1. The van der Waals surface area contributed by atoms with E-state index in [1.807, 2.05) is 30.3 Å². The van der Waals surface area contributed by atoms with E-state index >= 15 is 0 Å². The first kappa shape index (κ1) is 20.7. The Labute approximate surface area is 171 Å². The zero-order valence-corrected chi connectivity index (χ0v) is 17.4. The molecule has 6 nitrogen and oxygen atoms in total. The van der Waals surface area contributed by atoms with Crippen LogP contribution in [-0.4, -0.2) is 28.8 Å². The van der Waals surface area contributed by atoms with Crippen LogP contribution in [0.3, 0.4) is 0 Å². The van der Waals surface area contributed by atoms with E-state index in [4.69, 9.17) is 0 Å². The molecule has 1 aromatic heterocycles. The van der Waals surface area contributed by atoms with Crippen molar-refractivity contribution in [3.8, 4) is 0 Å². The van der Waals surface area contributed by atoms with E-state index in [1.54, 1.807) is 13.1 Å². The molecule has 6 heteroatoms. The number of nitrogens with one attached hydrogen (secondary N) is 2. The Balaban J connectivity index is 1.73. The van der Waals surface area contributed by atoms with Crippen molar-refractivity contribution < 1.29 is 9.69 Å². The van der Waals surface area contributed by atoms with Gasteiger partial charge in [0.25, 0.3) is 5.56 Å². The van der Waals surface area contributed by atoms with E-state index < -0.39 is 0 Å². The Morgan fingerprint density at radius 3 is 2.31 bits per heavy atom. The average molecular weight is 394 g/mol. The molecule has 0 saturated carbocycles. The molecule has 1 amide bonds. The number of carbonyl (C=O) groups excluding carboxylic acids is 1. The molecular formula is C23H29N4O2+. The summed E-state index contributed by atoms with van der Waals surface area (Å²) in [6.07, 6.45) is 0.137. The molecule has 3 aromatic rings. The fourth-order valence-electron chi connectivity index (χ4n) is 3.59. The summed E-state index contributed by atoms with van der Waals surface area (Å²) in [7, 11) is 1.61. The first-order chi connectivity index (χ1) is 14.0. The molecule has 0 fully saturated rings. The lowest BCUT2D eigenvalue weighted by atomic mass is 10.1. The van der Waals surface area contributed by atoms with Gasteiger partial charge in [-0.25, -0.2) is 4.68 Å². The molecule has 0 unspecified atom stereocenters. The van der Waals surface area contributed by atoms with Gasteiger partial charge in [-0.3, -0.25) is 9.59 Å². The van der Waals surface area contributed by atoms with Crippen molar-refractivity contribution in [1.29, 1.82) is 0 Å². The predicted molar refractivity (Wildman–Crippen MR) is 115 cm³/mol. The van der Waals surface area contributed by atoms with Crippen LogP contribution in [0.2, 0.25) is 0 Å². The first-order valence-electron chi connectivity index (χ1n) is 10.2. The molecular weight excluding hydrogens is 364 g/mol. The molecule has 3 rings (SSSR count). The molecule has 29 heavy (non-hydrogen) atoms. The maximum atomic E-state index is 12.6. The van der Waals surface area contributed by atoms with Crippen molar-refractivity contribution in [1.82, 2.24) is 15.1 Å². The smallest absolute Gasteiger partial charge is 0.274 e. The number of fused-ring (bicyclic) bond motifs is 1. The van der Waals surface area contributed by atoms with Crippen LogP contribution >= 0.6 is 0 Å². The highest BCUT2D eigenvalue weighted by atomic mass is 16.1. The average Bonchev–Trinajstić information content (AvgIpc) is 2.75. The monoisotopic (exact) mass is 393 g/mol. The third-order valence-corrected chi connectivity index (χ3v) is 5.40. The van der Waals surface area contributed by atoms with Crippen LogP contribution in [-0.2, 0) is 31.4 Å². The summed E-state index contributed by atoms with van der Waals surface area (Å²) in [4.78, 5) is 26.4. The largest absolute Gasteiger partial charge is 0.352 e. The second kappa shape index (κ2) is 9.47. The Hall–Kier alpha value is -2.99. The van der Waals surface area contributed by atoms with Crippen LogP contribution in [0.5, 0.6) is 0 Å². The minimum atomic E-state index is -0.155. The number of carbonyl (C=O) groups is 1. The van der Waals surface area contributed by atoms with Crippen molar-refractivity contribution in [3.63, 3.8) is 0 Å². The number of rotatable bonds is 8. The number of hydrogen-bond donors (Lipinski definition) is 2. The van der Waals surface area contributed by atoms with E-state index in [9.17, 15) is 9.59 Å². The molecule has 0 atom stereocenters. The Kier molecular flexibility index (Phi) is 6.77. The van der Waals surface area contributed by atoms with Crippen LogP contribution in [0.25, 0.3) is 10.8 Å². The van der Waals surface area contributed by atoms with Crippen LogP contribution in [0.1, 0.15) is 30.7 Å². The lowest BCUT2D eigenvalue weighted by molar-refractivity contribution is -0.910. The summed E-state index contributed by atoms with van der Waals surface area (Å²) in [6.45, 7) is 7.96. The normalized spacial score (nSPS) is 11.2. The van der Waals surface area contributed by atoms with Crippen LogP contribution in [0.4, 0.5) is 0 Å². The van der Waals surface area contributed by atoms with Gasteiger partial charge in [0.2, 0.25) is 5.91 Å². The number of aromatic nitrogens is 2.